The van der Waals surface area contributed by atoms with Gasteiger partial charge < -0.3 is 20.1 Å². The van der Waals surface area contributed by atoms with Crippen molar-refractivity contribution in [2.75, 3.05) is 40.0 Å². The molecule has 2 amide bonds. The zero-order chi connectivity index (χ0) is 13.6. The average molecular weight is 260 g/mol. The molecule has 0 heterocycles. The van der Waals surface area contributed by atoms with Crippen molar-refractivity contribution in [2.45, 2.75) is 26.2 Å². The number of ether oxygens (including phenoxy) is 2. The Labute approximate surface area is 108 Å². The Morgan fingerprint density at radius 2 is 1.61 bits per heavy atom. The Bertz CT molecular complexity index is 234. The summed E-state index contributed by atoms with van der Waals surface area (Å²) in [6.07, 6.45) is 1.78. The van der Waals surface area contributed by atoms with Crippen LogP contribution in [0.15, 0.2) is 0 Å². The largest absolute Gasteiger partial charge is 0.379 e. The van der Waals surface area contributed by atoms with Crippen molar-refractivity contribution in [3.05, 3.63) is 0 Å². The first kappa shape index (κ1) is 16.9. The van der Waals surface area contributed by atoms with E-state index in [2.05, 4.69) is 10.6 Å². The number of rotatable bonds is 11. The first-order valence-corrected chi connectivity index (χ1v) is 6.33. The molecule has 0 aliphatic heterocycles. The smallest absolute Gasteiger partial charge is 0.222 e. The van der Waals surface area contributed by atoms with Crippen molar-refractivity contribution < 1.29 is 19.1 Å². The summed E-state index contributed by atoms with van der Waals surface area (Å²) < 4.78 is 10.5. The number of nitrogens with one attached hydrogen (secondary N) is 2. The summed E-state index contributed by atoms with van der Waals surface area (Å²) in [7, 11) is 1.60. The van der Waals surface area contributed by atoms with Crippen molar-refractivity contribution >= 4 is 11.8 Å². The van der Waals surface area contributed by atoms with E-state index in [4.69, 9.17) is 9.47 Å². The Morgan fingerprint density at radius 3 is 2.22 bits per heavy atom. The molecule has 6 nitrogen and oxygen atoms in total. The highest BCUT2D eigenvalue weighted by Crippen LogP contribution is 1.86. The van der Waals surface area contributed by atoms with Crippen LogP contribution in [0.2, 0.25) is 0 Å². The predicted molar refractivity (Wildman–Crippen MR) is 68.2 cm³/mol. The molecule has 0 saturated heterocycles. The van der Waals surface area contributed by atoms with E-state index in [9.17, 15) is 9.59 Å². The molecule has 0 aliphatic carbocycles. The summed E-state index contributed by atoms with van der Waals surface area (Å²) in [5, 5.41) is 5.26. The zero-order valence-corrected chi connectivity index (χ0v) is 11.3. The van der Waals surface area contributed by atoms with Gasteiger partial charge in [-0.2, -0.15) is 0 Å². The molecule has 0 rings (SSSR count). The van der Waals surface area contributed by atoms with E-state index in [-0.39, 0.29) is 11.8 Å². The topological polar surface area (TPSA) is 76.7 Å². The predicted octanol–water partition coefficient (Wildman–Crippen LogP) is 0.0720. The van der Waals surface area contributed by atoms with Crippen LogP contribution in [0.3, 0.4) is 0 Å². The van der Waals surface area contributed by atoms with Gasteiger partial charge in [-0.05, 0) is 6.42 Å². The minimum Gasteiger partial charge on any atom is -0.379 e. The van der Waals surface area contributed by atoms with E-state index in [0.29, 0.717) is 45.8 Å². The van der Waals surface area contributed by atoms with Crippen LogP contribution in [-0.2, 0) is 19.1 Å². The van der Waals surface area contributed by atoms with E-state index >= 15 is 0 Å². The van der Waals surface area contributed by atoms with Crippen LogP contribution in [0.1, 0.15) is 26.2 Å². The third-order valence-electron chi connectivity index (χ3n) is 2.17. The van der Waals surface area contributed by atoms with E-state index in [1.807, 2.05) is 6.92 Å². The van der Waals surface area contributed by atoms with Crippen LogP contribution in [0.5, 0.6) is 0 Å². The highest BCUT2D eigenvalue weighted by atomic mass is 16.5. The van der Waals surface area contributed by atoms with E-state index in [1.54, 1.807) is 7.05 Å². The number of carbonyl (C=O) groups excluding carboxylic acids is 2. The maximum Gasteiger partial charge on any atom is 0.222 e. The second kappa shape index (κ2) is 12.3. The van der Waals surface area contributed by atoms with Gasteiger partial charge in [0.05, 0.1) is 26.4 Å². The number of amides is 2. The maximum atomic E-state index is 11.1. The van der Waals surface area contributed by atoms with E-state index in [1.165, 1.54) is 0 Å². The minimum absolute atomic E-state index is 0.0328. The van der Waals surface area contributed by atoms with Gasteiger partial charge in [-0.3, -0.25) is 9.59 Å². The van der Waals surface area contributed by atoms with Gasteiger partial charge in [0.25, 0.3) is 0 Å². The molecular formula is C12H24N2O4. The fourth-order valence-corrected chi connectivity index (χ4v) is 1.19. The Balaban J connectivity index is 3.12. The van der Waals surface area contributed by atoms with Gasteiger partial charge in [-0.1, -0.05) is 6.92 Å². The van der Waals surface area contributed by atoms with E-state index < -0.39 is 0 Å². The van der Waals surface area contributed by atoms with Crippen molar-refractivity contribution in [3.63, 3.8) is 0 Å². The van der Waals surface area contributed by atoms with Gasteiger partial charge in [0.15, 0.2) is 0 Å². The molecule has 0 aromatic rings. The van der Waals surface area contributed by atoms with E-state index in [0.717, 1.165) is 6.42 Å². The molecule has 0 aliphatic rings. The summed E-state index contributed by atoms with van der Waals surface area (Å²) in [4.78, 5) is 21.9. The van der Waals surface area contributed by atoms with Gasteiger partial charge >= 0.3 is 0 Å². The van der Waals surface area contributed by atoms with Crippen LogP contribution in [0.4, 0.5) is 0 Å². The number of hydrogen-bond acceptors (Lipinski definition) is 4. The highest BCUT2D eigenvalue weighted by molar-refractivity contribution is 5.75. The molecule has 0 unspecified atom stereocenters. The van der Waals surface area contributed by atoms with Crippen LogP contribution >= 0.6 is 0 Å². The lowest BCUT2D eigenvalue weighted by Crippen LogP contribution is -2.27. The monoisotopic (exact) mass is 260 g/mol. The molecule has 0 saturated carbocycles. The van der Waals surface area contributed by atoms with Crippen molar-refractivity contribution in [2.24, 2.45) is 0 Å². The first-order valence-electron chi connectivity index (χ1n) is 6.33. The molecule has 0 fully saturated rings. The Hall–Kier alpha value is -1.14. The first-order chi connectivity index (χ1) is 8.70. The lowest BCUT2D eigenvalue weighted by molar-refractivity contribution is -0.122. The van der Waals surface area contributed by atoms with Crippen molar-refractivity contribution in [1.29, 1.82) is 0 Å². The third-order valence-corrected chi connectivity index (χ3v) is 2.17. The molecular weight excluding hydrogens is 236 g/mol. The molecule has 0 aromatic carbocycles. The average Bonchev–Trinajstić information content (AvgIpc) is 2.36. The molecule has 0 spiro atoms. The second-order valence-corrected chi connectivity index (χ2v) is 3.75. The quantitative estimate of drug-likeness (QED) is 0.516. The van der Waals surface area contributed by atoms with Gasteiger partial charge in [-0.15, -0.1) is 0 Å². The van der Waals surface area contributed by atoms with Crippen LogP contribution in [-0.4, -0.2) is 51.8 Å². The highest BCUT2D eigenvalue weighted by Gasteiger charge is 1.98. The molecule has 6 heteroatoms. The molecule has 0 radical (unpaired) electrons. The molecule has 0 aromatic heterocycles. The SMILES string of the molecule is CCCC(=O)NCCOCCOCCC(=O)NC. The minimum atomic E-state index is -0.0328. The molecule has 18 heavy (non-hydrogen) atoms. The molecule has 106 valence electrons. The zero-order valence-electron chi connectivity index (χ0n) is 11.3. The molecule has 2 N–H and O–H groups in total. The van der Waals surface area contributed by atoms with Gasteiger partial charge in [0.2, 0.25) is 11.8 Å². The van der Waals surface area contributed by atoms with Gasteiger partial charge in [0.1, 0.15) is 0 Å². The van der Waals surface area contributed by atoms with Gasteiger partial charge in [-0.25, -0.2) is 0 Å². The van der Waals surface area contributed by atoms with Crippen LogP contribution in [0, 0.1) is 0 Å². The number of hydrogen-bond donors (Lipinski definition) is 2. The Kier molecular flexibility index (Phi) is 11.5. The second-order valence-electron chi connectivity index (χ2n) is 3.75. The van der Waals surface area contributed by atoms with Crippen molar-refractivity contribution in [3.8, 4) is 0 Å². The summed E-state index contributed by atoms with van der Waals surface area (Å²) in [5.41, 5.74) is 0. The fraction of sp³-hybridized carbons (Fsp3) is 0.833. The summed E-state index contributed by atoms with van der Waals surface area (Å²) in [6.45, 7) is 4.30. The third kappa shape index (κ3) is 11.3. The lowest BCUT2D eigenvalue weighted by Gasteiger charge is -2.06. The van der Waals surface area contributed by atoms with Crippen LogP contribution < -0.4 is 10.6 Å². The van der Waals surface area contributed by atoms with Gasteiger partial charge in [0, 0.05) is 26.4 Å². The fourth-order valence-electron chi connectivity index (χ4n) is 1.19. The lowest BCUT2D eigenvalue weighted by atomic mass is 10.3. The maximum absolute atomic E-state index is 11.1. The standard InChI is InChI=1S/C12H24N2O4/c1-3-4-12(16)14-6-8-18-10-9-17-7-5-11(15)13-2/h3-10H2,1-2H3,(H,13,15)(H,14,16). The van der Waals surface area contributed by atoms with Crippen molar-refractivity contribution in [1.82, 2.24) is 10.6 Å². The summed E-state index contributed by atoms with van der Waals surface area (Å²) >= 11 is 0. The normalized spacial score (nSPS) is 10.1. The molecule has 0 atom stereocenters. The molecule has 0 bridgehead atoms. The summed E-state index contributed by atoms with van der Waals surface area (Å²) in [5.74, 6) is 0.0254. The Morgan fingerprint density at radius 1 is 0.944 bits per heavy atom. The van der Waals surface area contributed by atoms with Crippen LogP contribution in [0.25, 0.3) is 0 Å². The number of carbonyl (C=O) groups is 2. The summed E-state index contributed by atoms with van der Waals surface area (Å²) in [6, 6.07) is 0.